The second-order valence-electron chi connectivity index (χ2n) is 4.11. The van der Waals surface area contributed by atoms with Crippen molar-refractivity contribution in [3.63, 3.8) is 0 Å². The van der Waals surface area contributed by atoms with Gasteiger partial charge in [-0.25, -0.2) is 4.79 Å². The Balaban J connectivity index is 2.08. The number of carbonyl (C=O) groups is 1. The van der Waals surface area contributed by atoms with Crippen molar-refractivity contribution >= 4 is 17.6 Å². The third kappa shape index (κ3) is 2.48. The SMILES string of the molecule is O=C(O)c1ccccc1-c1nc(-c2ncccc2Cl)no1. The minimum Gasteiger partial charge on any atom is -0.478 e. The largest absolute Gasteiger partial charge is 0.478 e. The number of aromatic nitrogens is 3. The second kappa shape index (κ2) is 5.34. The molecule has 3 rings (SSSR count). The number of rotatable bonds is 3. The third-order valence-electron chi connectivity index (χ3n) is 2.78. The van der Waals surface area contributed by atoms with Gasteiger partial charge in [0.2, 0.25) is 5.82 Å². The fourth-order valence-electron chi connectivity index (χ4n) is 1.84. The van der Waals surface area contributed by atoms with Crippen molar-refractivity contribution in [1.82, 2.24) is 15.1 Å². The van der Waals surface area contributed by atoms with Gasteiger partial charge in [-0.05, 0) is 24.3 Å². The summed E-state index contributed by atoms with van der Waals surface area (Å²) < 4.78 is 5.13. The van der Waals surface area contributed by atoms with E-state index in [0.29, 0.717) is 16.3 Å². The lowest BCUT2D eigenvalue weighted by molar-refractivity contribution is 0.0697. The molecule has 0 spiro atoms. The first kappa shape index (κ1) is 13.3. The van der Waals surface area contributed by atoms with E-state index in [0.717, 1.165) is 0 Å². The summed E-state index contributed by atoms with van der Waals surface area (Å²) in [6.45, 7) is 0. The molecule has 0 unspecified atom stereocenters. The van der Waals surface area contributed by atoms with Crippen LogP contribution in [0.4, 0.5) is 0 Å². The third-order valence-corrected chi connectivity index (χ3v) is 3.09. The van der Waals surface area contributed by atoms with Gasteiger partial charge in [0.15, 0.2) is 0 Å². The summed E-state index contributed by atoms with van der Waals surface area (Å²) in [6.07, 6.45) is 1.56. The molecule has 21 heavy (non-hydrogen) atoms. The molecule has 0 atom stereocenters. The van der Waals surface area contributed by atoms with Gasteiger partial charge in [0.25, 0.3) is 5.89 Å². The summed E-state index contributed by atoms with van der Waals surface area (Å²) in [4.78, 5) is 19.4. The molecule has 2 heterocycles. The van der Waals surface area contributed by atoms with Crippen LogP contribution in [0.2, 0.25) is 5.02 Å². The number of carboxylic acids is 1. The number of carboxylic acid groups (broad SMARTS) is 1. The fourth-order valence-corrected chi connectivity index (χ4v) is 2.04. The van der Waals surface area contributed by atoms with Crippen LogP contribution in [0.25, 0.3) is 23.0 Å². The summed E-state index contributed by atoms with van der Waals surface area (Å²) in [7, 11) is 0. The molecule has 7 heteroatoms. The van der Waals surface area contributed by atoms with E-state index in [4.69, 9.17) is 16.1 Å². The maximum atomic E-state index is 11.2. The summed E-state index contributed by atoms with van der Waals surface area (Å²) in [5, 5.41) is 13.4. The Morgan fingerprint density at radius 1 is 1.19 bits per heavy atom. The summed E-state index contributed by atoms with van der Waals surface area (Å²) in [5.41, 5.74) is 0.803. The van der Waals surface area contributed by atoms with Crippen LogP contribution in [-0.2, 0) is 0 Å². The molecule has 0 amide bonds. The van der Waals surface area contributed by atoms with Crippen molar-refractivity contribution in [2.75, 3.05) is 0 Å². The van der Waals surface area contributed by atoms with Crippen LogP contribution in [0.1, 0.15) is 10.4 Å². The van der Waals surface area contributed by atoms with E-state index in [9.17, 15) is 9.90 Å². The minimum absolute atomic E-state index is 0.0832. The lowest BCUT2D eigenvalue weighted by Gasteiger charge is -1.99. The number of nitrogens with zero attached hydrogens (tertiary/aromatic N) is 3. The monoisotopic (exact) mass is 301 g/mol. The van der Waals surface area contributed by atoms with Crippen LogP contribution >= 0.6 is 11.6 Å². The Labute approximate surface area is 124 Å². The molecule has 2 aromatic heterocycles. The molecular formula is C14H8ClN3O3. The molecule has 1 N–H and O–H groups in total. The molecule has 0 radical (unpaired) electrons. The van der Waals surface area contributed by atoms with E-state index < -0.39 is 5.97 Å². The van der Waals surface area contributed by atoms with E-state index >= 15 is 0 Å². The quantitative estimate of drug-likeness (QED) is 0.799. The van der Waals surface area contributed by atoms with E-state index in [-0.39, 0.29) is 17.3 Å². The first-order valence-corrected chi connectivity index (χ1v) is 6.32. The van der Waals surface area contributed by atoms with E-state index in [1.807, 2.05) is 0 Å². The predicted octanol–water partition coefficient (Wildman–Crippen LogP) is 3.15. The molecule has 1 aromatic carbocycles. The number of aromatic carboxylic acids is 1. The highest BCUT2D eigenvalue weighted by molar-refractivity contribution is 6.32. The van der Waals surface area contributed by atoms with Crippen LogP contribution in [0.5, 0.6) is 0 Å². The predicted molar refractivity (Wildman–Crippen MR) is 74.9 cm³/mol. The topological polar surface area (TPSA) is 89.1 Å². The smallest absolute Gasteiger partial charge is 0.336 e. The van der Waals surface area contributed by atoms with Gasteiger partial charge in [-0.3, -0.25) is 4.98 Å². The van der Waals surface area contributed by atoms with Crippen molar-refractivity contribution < 1.29 is 14.4 Å². The normalized spacial score (nSPS) is 10.5. The lowest BCUT2D eigenvalue weighted by atomic mass is 10.1. The number of pyridine rings is 1. The maximum absolute atomic E-state index is 11.2. The van der Waals surface area contributed by atoms with Crippen molar-refractivity contribution in [2.45, 2.75) is 0 Å². The van der Waals surface area contributed by atoms with Gasteiger partial charge < -0.3 is 9.63 Å². The van der Waals surface area contributed by atoms with Crippen LogP contribution in [0.15, 0.2) is 47.1 Å². The Morgan fingerprint density at radius 3 is 2.76 bits per heavy atom. The molecule has 0 aliphatic heterocycles. The first-order valence-electron chi connectivity index (χ1n) is 5.94. The van der Waals surface area contributed by atoms with Gasteiger partial charge in [0.1, 0.15) is 5.69 Å². The van der Waals surface area contributed by atoms with Gasteiger partial charge in [-0.2, -0.15) is 4.98 Å². The summed E-state index contributed by atoms with van der Waals surface area (Å²) in [6, 6.07) is 9.73. The zero-order valence-corrected chi connectivity index (χ0v) is 11.3. The van der Waals surface area contributed by atoms with Crippen LogP contribution in [0.3, 0.4) is 0 Å². The molecule has 0 saturated carbocycles. The highest BCUT2D eigenvalue weighted by Gasteiger charge is 2.18. The molecule has 0 aliphatic rings. The minimum atomic E-state index is -1.07. The van der Waals surface area contributed by atoms with Crippen LogP contribution in [-0.4, -0.2) is 26.2 Å². The zero-order chi connectivity index (χ0) is 14.8. The summed E-state index contributed by atoms with van der Waals surface area (Å²) in [5.74, 6) is -0.762. The number of benzene rings is 1. The highest BCUT2D eigenvalue weighted by atomic mass is 35.5. The Bertz CT molecular complexity index is 816. The van der Waals surface area contributed by atoms with E-state index in [2.05, 4.69) is 15.1 Å². The Morgan fingerprint density at radius 2 is 2.00 bits per heavy atom. The molecule has 6 nitrogen and oxygen atoms in total. The van der Waals surface area contributed by atoms with Gasteiger partial charge >= 0.3 is 5.97 Å². The average Bonchev–Trinajstić information content (AvgIpc) is 2.97. The number of hydrogen-bond acceptors (Lipinski definition) is 5. The van der Waals surface area contributed by atoms with E-state index in [1.54, 1.807) is 36.5 Å². The first-order chi connectivity index (χ1) is 10.2. The van der Waals surface area contributed by atoms with Crippen molar-refractivity contribution in [2.24, 2.45) is 0 Å². The van der Waals surface area contributed by atoms with Gasteiger partial charge in [-0.1, -0.05) is 28.9 Å². The average molecular weight is 302 g/mol. The second-order valence-corrected chi connectivity index (χ2v) is 4.51. The number of halogens is 1. The summed E-state index contributed by atoms with van der Waals surface area (Å²) >= 11 is 6.02. The Kier molecular flexibility index (Phi) is 3.37. The Hall–Kier alpha value is -2.73. The maximum Gasteiger partial charge on any atom is 0.336 e. The van der Waals surface area contributed by atoms with Crippen molar-refractivity contribution in [3.8, 4) is 23.0 Å². The van der Waals surface area contributed by atoms with Gasteiger partial charge in [0, 0.05) is 6.20 Å². The number of hydrogen-bond donors (Lipinski definition) is 1. The standard InChI is InChI=1S/C14H8ClN3O3/c15-10-6-3-7-16-11(10)12-17-13(21-18-12)8-4-1-2-5-9(8)14(19)20/h1-7H,(H,19,20). The van der Waals surface area contributed by atoms with Crippen molar-refractivity contribution in [3.05, 3.63) is 53.2 Å². The van der Waals surface area contributed by atoms with Crippen molar-refractivity contribution in [1.29, 1.82) is 0 Å². The zero-order valence-electron chi connectivity index (χ0n) is 10.5. The molecule has 0 fully saturated rings. The van der Waals surface area contributed by atoms with Gasteiger partial charge in [0.05, 0.1) is 16.1 Å². The molecule has 0 bridgehead atoms. The molecule has 3 aromatic rings. The molecule has 0 saturated heterocycles. The molecule has 104 valence electrons. The van der Waals surface area contributed by atoms with Crippen LogP contribution in [0, 0.1) is 0 Å². The highest BCUT2D eigenvalue weighted by Crippen LogP contribution is 2.27. The van der Waals surface area contributed by atoms with Gasteiger partial charge in [-0.15, -0.1) is 0 Å². The lowest BCUT2D eigenvalue weighted by Crippen LogP contribution is -1.99. The van der Waals surface area contributed by atoms with Crippen LogP contribution < -0.4 is 0 Å². The van der Waals surface area contributed by atoms with E-state index in [1.165, 1.54) is 6.07 Å². The molecular weight excluding hydrogens is 294 g/mol. The molecule has 0 aliphatic carbocycles. The fraction of sp³-hybridized carbons (Fsp3) is 0.